The largest absolute Gasteiger partial charge is 0.360 e. The zero-order chi connectivity index (χ0) is 9.97. The molecule has 1 unspecified atom stereocenters. The Morgan fingerprint density at radius 3 is 3.00 bits per heavy atom. The number of hydrogen-bond donors (Lipinski definition) is 0. The summed E-state index contributed by atoms with van der Waals surface area (Å²) in [6.45, 7) is 0.598. The minimum absolute atomic E-state index is 0.598. The third kappa shape index (κ3) is 1.85. The third-order valence-electron chi connectivity index (χ3n) is 1.96. The van der Waals surface area contributed by atoms with Crippen LogP contribution in [0.5, 0.6) is 0 Å². The topological polar surface area (TPSA) is 26.3 Å². The minimum atomic E-state index is 0.598. The van der Waals surface area contributed by atoms with Gasteiger partial charge in [-0.15, -0.1) is 11.3 Å². The van der Waals surface area contributed by atoms with Crippen molar-refractivity contribution in [3.05, 3.63) is 34.7 Å². The molecule has 0 aliphatic rings. The predicted octanol–water partition coefficient (Wildman–Crippen LogP) is 3.02. The maximum absolute atomic E-state index is 10.6. The maximum atomic E-state index is 10.6. The van der Waals surface area contributed by atoms with Gasteiger partial charge in [-0.25, -0.2) is 0 Å². The van der Waals surface area contributed by atoms with E-state index in [1.54, 1.807) is 11.3 Å². The van der Waals surface area contributed by atoms with Crippen molar-refractivity contribution in [3.63, 3.8) is 0 Å². The molecule has 0 saturated carbocycles. The average molecular weight is 224 g/mol. The average Bonchev–Trinajstić information content (AvgIpc) is 2.59. The van der Waals surface area contributed by atoms with Crippen molar-refractivity contribution in [1.82, 2.24) is 0 Å². The van der Waals surface area contributed by atoms with Gasteiger partial charge in [-0.05, 0) is 17.5 Å². The highest BCUT2D eigenvalue weighted by molar-refractivity contribution is 7.19. The van der Waals surface area contributed by atoms with Crippen LogP contribution in [0, 0.1) is 0 Å². The van der Waals surface area contributed by atoms with Crippen LogP contribution in [0.15, 0.2) is 24.3 Å². The van der Waals surface area contributed by atoms with Crippen LogP contribution in [-0.4, -0.2) is 6.29 Å². The van der Waals surface area contributed by atoms with Gasteiger partial charge in [-0.3, -0.25) is 4.79 Å². The molecule has 4 heteroatoms. The maximum Gasteiger partial charge on any atom is 0.150 e. The van der Waals surface area contributed by atoms with Crippen molar-refractivity contribution < 1.29 is 9.32 Å². The Kier molecular flexibility index (Phi) is 2.92. The molecule has 1 atom stereocenters. The molecule has 0 aliphatic carbocycles. The van der Waals surface area contributed by atoms with Crippen LogP contribution >= 0.6 is 20.8 Å². The summed E-state index contributed by atoms with van der Waals surface area (Å²) in [4.78, 5) is 11.7. The van der Waals surface area contributed by atoms with Crippen molar-refractivity contribution in [2.75, 3.05) is 0 Å². The summed E-state index contributed by atoms with van der Waals surface area (Å²) in [6.07, 6.45) is 0.866. The minimum Gasteiger partial charge on any atom is -0.360 e. The summed E-state index contributed by atoms with van der Waals surface area (Å²) in [7, 11) is 2.23. The second-order valence-electron chi connectivity index (χ2n) is 2.94. The molecule has 1 aromatic carbocycles. The summed E-state index contributed by atoms with van der Waals surface area (Å²) in [5, 5.41) is 1.16. The second kappa shape index (κ2) is 4.18. The Morgan fingerprint density at radius 1 is 1.43 bits per heavy atom. The molecule has 0 fully saturated rings. The smallest absolute Gasteiger partial charge is 0.150 e. The lowest BCUT2D eigenvalue weighted by molar-refractivity contribution is 0.112. The molecule has 0 radical (unpaired) electrons. The molecule has 0 aliphatic heterocycles. The van der Waals surface area contributed by atoms with Crippen LogP contribution in [0.3, 0.4) is 0 Å². The zero-order valence-corrected chi connectivity index (χ0v) is 9.37. The van der Waals surface area contributed by atoms with Crippen LogP contribution in [0.4, 0.5) is 0 Å². The third-order valence-corrected chi connectivity index (χ3v) is 3.19. The monoisotopic (exact) mass is 224 g/mol. The van der Waals surface area contributed by atoms with Crippen LogP contribution in [0.25, 0.3) is 10.1 Å². The zero-order valence-electron chi connectivity index (χ0n) is 7.40. The highest BCUT2D eigenvalue weighted by atomic mass is 32.1. The first-order chi connectivity index (χ1) is 6.83. The first kappa shape index (κ1) is 9.78. The molecule has 0 bridgehead atoms. The van der Waals surface area contributed by atoms with Gasteiger partial charge in [0.2, 0.25) is 0 Å². The SMILES string of the molecule is O=Cc1ccc2cc(COP)sc2c1. The van der Waals surface area contributed by atoms with Gasteiger partial charge in [0.1, 0.15) is 6.29 Å². The van der Waals surface area contributed by atoms with E-state index in [-0.39, 0.29) is 0 Å². The van der Waals surface area contributed by atoms with Gasteiger partial charge in [0.25, 0.3) is 0 Å². The number of thiophene rings is 1. The highest BCUT2D eigenvalue weighted by Gasteiger charge is 2.01. The van der Waals surface area contributed by atoms with Crippen LogP contribution in [0.2, 0.25) is 0 Å². The van der Waals surface area contributed by atoms with E-state index in [1.807, 2.05) is 18.2 Å². The molecule has 0 saturated heterocycles. The molecule has 2 aromatic rings. The van der Waals surface area contributed by atoms with Crippen molar-refractivity contribution in [2.45, 2.75) is 6.61 Å². The summed E-state index contributed by atoms with van der Waals surface area (Å²) in [6, 6.07) is 7.77. The van der Waals surface area contributed by atoms with Gasteiger partial charge in [0.05, 0.1) is 6.61 Å². The number of carbonyl (C=O) groups is 1. The molecule has 72 valence electrons. The van der Waals surface area contributed by atoms with Crippen molar-refractivity contribution >= 4 is 37.2 Å². The van der Waals surface area contributed by atoms with E-state index in [0.717, 1.165) is 26.8 Å². The van der Waals surface area contributed by atoms with E-state index in [9.17, 15) is 4.79 Å². The van der Waals surface area contributed by atoms with Gasteiger partial charge in [0.15, 0.2) is 0 Å². The fourth-order valence-corrected chi connectivity index (χ4v) is 2.66. The van der Waals surface area contributed by atoms with E-state index in [0.29, 0.717) is 6.61 Å². The molecule has 2 nitrogen and oxygen atoms in total. The van der Waals surface area contributed by atoms with Gasteiger partial charge in [-0.1, -0.05) is 12.1 Å². The Hall–Kier alpha value is -0.760. The summed E-state index contributed by atoms with van der Waals surface area (Å²) in [5.74, 6) is 0. The lowest BCUT2D eigenvalue weighted by atomic mass is 10.2. The lowest BCUT2D eigenvalue weighted by Gasteiger charge is -1.89. The van der Waals surface area contributed by atoms with E-state index in [1.165, 1.54) is 0 Å². The van der Waals surface area contributed by atoms with E-state index >= 15 is 0 Å². The van der Waals surface area contributed by atoms with E-state index in [4.69, 9.17) is 4.52 Å². The van der Waals surface area contributed by atoms with Gasteiger partial charge >= 0.3 is 0 Å². The molecule has 0 amide bonds. The van der Waals surface area contributed by atoms with Crippen molar-refractivity contribution in [3.8, 4) is 0 Å². The molecule has 14 heavy (non-hydrogen) atoms. The van der Waals surface area contributed by atoms with Crippen molar-refractivity contribution in [1.29, 1.82) is 0 Å². The van der Waals surface area contributed by atoms with Gasteiger partial charge < -0.3 is 4.52 Å². The van der Waals surface area contributed by atoms with Crippen LogP contribution in [0.1, 0.15) is 15.2 Å². The summed E-state index contributed by atoms with van der Waals surface area (Å²) in [5.41, 5.74) is 0.720. The van der Waals surface area contributed by atoms with Crippen molar-refractivity contribution in [2.24, 2.45) is 0 Å². The second-order valence-corrected chi connectivity index (χ2v) is 4.44. The number of benzene rings is 1. The Morgan fingerprint density at radius 2 is 2.29 bits per heavy atom. The summed E-state index contributed by atoms with van der Waals surface area (Å²) >= 11 is 1.65. The Balaban J connectivity index is 2.48. The Bertz CT molecular complexity index is 464. The number of aldehydes is 1. The molecule has 0 N–H and O–H groups in total. The molecule has 0 spiro atoms. The number of fused-ring (bicyclic) bond motifs is 1. The molecule has 1 aromatic heterocycles. The lowest BCUT2D eigenvalue weighted by Crippen LogP contribution is -1.75. The number of hydrogen-bond acceptors (Lipinski definition) is 3. The van der Waals surface area contributed by atoms with Crippen LogP contribution < -0.4 is 0 Å². The highest BCUT2D eigenvalue weighted by Crippen LogP contribution is 2.27. The first-order valence-corrected chi connectivity index (χ1v) is 5.41. The van der Waals surface area contributed by atoms with E-state index in [2.05, 4.69) is 15.5 Å². The quantitative estimate of drug-likeness (QED) is 0.591. The first-order valence-electron chi connectivity index (χ1n) is 4.13. The molecule has 2 rings (SSSR count). The molecular formula is C10H9O2PS. The van der Waals surface area contributed by atoms with Gasteiger partial charge in [-0.2, -0.15) is 0 Å². The number of rotatable bonds is 3. The van der Waals surface area contributed by atoms with Gasteiger partial charge in [0, 0.05) is 24.6 Å². The predicted molar refractivity (Wildman–Crippen MR) is 61.7 cm³/mol. The standard InChI is InChI=1S/C10H9O2PS/c11-5-7-1-2-8-4-9(6-12-13)14-10(8)3-7/h1-5H,6,13H2. The number of carbonyl (C=O) groups excluding carboxylic acids is 1. The fraction of sp³-hybridized carbons (Fsp3) is 0.100. The molecule has 1 heterocycles. The fourth-order valence-electron chi connectivity index (χ4n) is 1.33. The normalized spacial score (nSPS) is 10.6. The van der Waals surface area contributed by atoms with Crippen LogP contribution in [-0.2, 0) is 11.1 Å². The van der Waals surface area contributed by atoms with E-state index < -0.39 is 0 Å². The Labute approximate surface area is 88.2 Å². The summed E-state index contributed by atoms with van der Waals surface area (Å²) < 4.78 is 6.10. The molecular weight excluding hydrogens is 215 g/mol.